The summed E-state index contributed by atoms with van der Waals surface area (Å²) in [6.45, 7) is 1.95. The van der Waals surface area contributed by atoms with Crippen LogP contribution in [0.1, 0.15) is 15.2 Å². The maximum Gasteiger partial charge on any atom is 0.259 e. The van der Waals surface area contributed by atoms with Crippen molar-refractivity contribution in [2.45, 2.75) is 6.92 Å². The highest BCUT2D eigenvalue weighted by molar-refractivity contribution is 7.16. The van der Waals surface area contributed by atoms with E-state index >= 15 is 0 Å². The first-order valence-electron chi connectivity index (χ1n) is 6.98. The van der Waals surface area contributed by atoms with Crippen LogP contribution in [0.5, 0.6) is 0 Å². The van der Waals surface area contributed by atoms with Crippen molar-refractivity contribution in [3.8, 4) is 11.4 Å². The summed E-state index contributed by atoms with van der Waals surface area (Å²) < 4.78 is 13.0. The second-order valence-corrected chi connectivity index (χ2v) is 6.17. The lowest BCUT2D eigenvalue weighted by Gasteiger charge is -2.13. The molecule has 3 aromatic rings. The summed E-state index contributed by atoms with van der Waals surface area (Å²) in [4.78, 5) is 23.7. The van der Waals surface area contributed by atoms with Gasteiger partial charge in [-0.3, -0.25) is 14.7 Å². The molecule has 23 heavy (non-hydrogen) atoms. The van der Waals surface area contributed by atoms with E-state index in [0.717, 1.165) is 16.3 Å². The van der Waals surface area contributed by atoms with Crippen molar-refractivity contribution in [1.82, 2.24) is 9.97 Å². The van der Waals surface area contributed by atoms with E-state index in [4.69, 9.17) is 0 Å². The fourth-order valence-electron chi connectivity index (χ4n) is 2.14. The molecule has 2 aromatic heterocycles. The topological polar surface area (TPSA) is 46.1 Å². The number of halogens is 1. The molecule has 6 heteroatoms. The summed E-state index contributed by atoms with van der Waals surface area (Å²) in [7, 11) is 1.66. The van der Waals surface area contributed by atoms with Gasteiger partial charge in [-0.15, -0.1) is 11.3 Å². The Hall–Kier alpha value is -2.60. The molecule has 1 amide bonds. The zero-order chi connectivity index (χ0) is 16.4. The van der Waals surface area contributed by atoms with Crippen molar-refractivity contribution in [1.29, 1.82) is 0 Å². The molecule has 0 aliphatic heterocycles. The summed E-state index contributed by atoms with van der Waals surface area (Å²) in [6.07, 6.45) is 1.71. The zero-order valence-electron chi connectivity index (χ0n) is 12.7. The first-order valence-corrected chi connectivity index (χ1v) is 7.80. The largest absolute Gasteiger partial charge is 0.287 e. The molecule has 0 N–H and O–H groups in total. The number of carbonyl (C=O) groups is 1. The van der Waals surface area contributed by atoms with Crippen LogP contribution in [0, 0.1) is 12.7 Å². The summed E-state index contributed by atoms with van der Waals surface area (Å²) in [5, 5.41) is 0.581. The molecule has 4 nitrogen and oxygen atoms in total. The molecule has 2 heterocycles. The number of carbonyl (C=O) groups excluding carboxylic acids is 1. The van der Waals surface area contributed by atoms with E-state index in [1.807, 2.05) is 25.1 Å². The number of rotatable bonds is 3. The van der Waals surface area contributed by atoms with Crippen molar-refractivity contribution >= 4 is 22.4 Å². The number of nitrogens with zero attached hydrogens (tertiary/aromatic N) is 3. The summed E-state index contributed by atoms with van der Waals surface area (Å²) in [5.41, 5.74) is 1.96. The van der Waals surface area contributed by atoms with Gasteiger partial charge in [-0.2, -0.15) is 0 Å². The van der Waals surface area contributed by atoms with Crippen LogP contribution in [0.15, 0.2) is 48.7 Å². The zero-order valence-corrected chi connectivity index (χ0v) is 13.5. The van der Waals surface area contributed by atoms with Gasteiger partial charge in [-0.1, -0.05) is 6.07 Å². The van der Waals surface area contributed by atoms with Crippen molar-refractivity contribution in [2.75, 3.05) is 11.9 Å². The fourth-order valence-corrected chi connectivity index (χ4v) is 3.02. The number of hydrogen-bond acceptors (Lipinski definition) is 4. The van der Waals surface area contributed by atoms with E-state index in [-0.39, 0.29) is 11.7 Å². The molecule has 3 rings (SSSR count). The van der Waals surface area contributed by atoms with Crippen molar-refractivity contribution in [2.24, 2.45) is 0 Å². The molecule has 1 aromatic carbocycles. The molecule has 0 spiro atoms. The number of amides is 1. The van der Waals surface area contributed by atoms with E-state index in [9.17, 15) is 9.18 Å². The normalized spacial score (nSPS) is 10.6. The van der Waals surface area contributed by atoms with E-state index in [0.29, 0.717) is 10.7 Å². The predicted octanol–water partition coefficient (Wildman–Crippen LogP) is 3.93. The van der Waals surface area contributed by atoms with Crippen molar-refractivity contribution in [3.63, 3.8) is 0 Å². The average Bonchev–Trinajstić information content (AvgIpc) is 2.97. The maximum absolute atomic E-state index is 13.0. The molecule has 0 bridgehead atoms. The summed E-state index contributed by atoms with van der Waals surface area (Å²) in [5.74, 6) is -0.599. The third-order valence-corrected chi connectivity index (χ3v) is 4.42. The van der Waals surface area contributed by atoms with E-state index in [2.05, 4.69) is 9.97 Å². The van der Waals surface area contributed by atoms with Gasteiger partial charge in [-0.25, -0.2) is 9.37 Å². The Morgan fingerprint density at radius 1 is 1.17 bits per heavy atom. The Morgan fingerprint density at radius 2 is 1.91 bits per heavy atom. The third kappa shape index (κ3) is 3.12. The van der Waals surface area contributed by atoms with Crippen LogP contribution >= 0.6 is 11.3 Å². The van der Waals surface area contributed by atoms with Crippen LogP contribution in [0.25, 0.3) is 11.4 Å². The summed E-state index contributed by atoms with van der Waals surface area (Å²) >= 11 is 1.42. The lowest BCUT2D eigenvalue weighted by atomic mass is 10.2. The number of pyridine rings is 1. The Morgan fingerprint density at radius 3 is 2.57 bits per heavy atom. The molecule has 116 valence electrons. The highest BCUT2D eigenvalue weighted by Gasteiger charge is 2.19. The second-order valence-electron chi connectivity index (χ2n) is 4.99. The number of anilines is 1. The van der Waals surface area contributed by atoms with E-state index < -0.39 is 0 Å². The molecule has 0 radical (unpaired) electrons. The molecular formula is C17H14FN3OS. The van der Waals surface area contributed by atoms with Gasteiger partial charge >= 0.3 is 0 Å². The Bertz CT molecular complexity index is 831. The highest BCUT2D eigenvalue weighted by Crippen LogP contribution is 2.31. The Kier molecular flexibility index (Phi) is 4.16. The van der Waals surface area contributed by atoms with Gasteiger partial charge in [0.1, 0.15) is 11.5 Å². The second kappa shape index (κ2) is 6.26. The number of benzene rings is 1. The van der Waals surface area contributed by atoms with Crippen LogP contribution in [-0.2, 0) is 0 Å². The quantitative estimate of drug-likeness (QED) is 0.732. The first-order chi connectivity index (χ1) is 11.1. The highest BCUT2D eigenvalue weighted by atomic mass is 32.1. The number of aromatic nitrogens is 2. The molecule has 0 atom stereocenters. The summed E-state index contributed by atoms with van der Waals surface area (Å²) in [6, 6.07) is 11.1. The fraction of sp³-hybridized carbons (Fsp3) is 0.118. The minimum atomic E-state index is -0.369. The Balaban J connectivity index is 1.90. The SMILES string of the molecule is Cc1sc(N(C)C(=O)c2ccc(F)cc2)nc1-c1ccccn1. The molecule has 0 saturated heterocycles. The van der Waals surface area contributed by atoms with Gasteiger partial charge in [0.15, 0.2) is 5.13 Å². The Labute approximate surface area is 137 Å². The van der Waals surface area contributed by atoms with Gasteiger partial charge in [-0.05, 0) is 43.3 Å². The molecule has 0 aliphatic rings. The van der Waals surface area contributed by atoms with Crippen molar-refractivity contribution in [3.05, 3.63) is 64.9 Å². The smallest absolute Gasteiger partial charge is 0.259 e. The van der Waals surface area contributed by atoms with Crippen LogP contribution < -0.4 is 4.90 Å². The van der Waals surface area contributed by atoms with Gasteiger partial charge in [0.25, 0.3) is 5.91 Å². The molecule has 0 unspecified atom stereocenters. The first kappa shape index (κ1) is 15.3. The molecule has 0 saturated carbocycles. The molecule has 0 aliphatic carbocycles. The predicted molar refractivity (Wildman–Crippen MR) is 89.2 cm³/mol. The van der Waals surface area contributed by atoms with Gasteiger partial charge in [0.2, 0.25) is 0 Å². The van der Waals surface area contributed by atoms with Crippen LogP contribution in [0.3, 0.4) is 0 Å². The molecule has 0 fully saturated rings. The average molecular weight is 327 g/mol. The minimum Gasteiger partial charge on any atom is -0.287 e. The van der Waals surface area contributed by atoms with Crippen LogP contribution in [0.4, 0.5) is 9.52 Å². The molecular weight excluding hydrogens is 313 g/mol. The number of hydrogen-bond donors (Lipinski definition) is 0. The van der Waals surface area contributed by atoms with E-state index in [1.165, 1.54) is 40.5 Å². The number of thiazole rings is 1. The van der Waals surface area contributed by atoms with Crippen LogP contribution in [-0.4, -0.2) is 22.9 Å². The standard InChI is InChI=1S/C17H14FN3OS/c1-11-15(14-5-3-4-10-19-14)20-17(23-11)21(2)16(22)12-6-8-13(18)9-7-12/h3-10H,1-2H3. The lowest BCUT2D eigenvalue weighted by molar-refractivity contribution is 0.0993. The van der Waals surface area contributed by atoms with Crippen molar-refractivity contribution < 1.29 is 9.18 Å². The van der Waals surface area contributed by atoms with Gasteiger partial charge < -0.3 is 0 Å². The van der Waals surface area contributed by atoms with Gasteiger partial charge in [0.05, 0.1) is 5.69 Å². The van der Waals surface area contributed by atoms with E-state index in [1.54, 1.807) is 13.2 Å². The third-order valence-electron chi connectivity index (χ3n) is 3.38. The number of aryl methyl sites for hydroxylation is 1. The minimum absolute atomic E-state index is 0.230. The van der Waals surface area contributed by atoms with Gasteiger partial charge in [0, 0.05) is 23.7 Å². The maximum atomic E-state index is 13.0. The monoisotopic (exact) mass is 327 g/mol. The van der Waals surface area contributed by atoms with Crippen LogP contribution in [0.2, 0.25) is 0 Å². The lowest BCUT2D eigenvalue weighted by Crippen LogP contribution is -2.26.